The number of benzene rings is 1. The third kappa shape index (κ3) is 4.54. The van der Waals surface area contributed by atoms with E-state index in [0.29, 0.717) is 23.1 Å². The van der Waals surface area contributed by atoms with Gasteiger partial charge in [-0.15, -0.1) is 0 Å². The van der Waals surface area contributed by atoms with Gasteiger partial charge in [0.25, 0.3) is 0 Å². The molecule has 1 aromatic carbocycles. The van der Waals surface area contributed by atoms with E-state index in [2.05, 4.69) is 15.2 Å². The molecule has 25 heavy (non-hydrogen) atoms. The number of nitrogens with zero attached hydrogens (tertiary/aromatic N) is 2. The second-order valence-electron chi connectivity index (χ2n) is 6.63. The summed E-state index contributed by atoms with van der Waals surface area (Å²) in [5.74, 6) is 0.190. The largest absolute Gasteiger partial charge is 0.383 e. The van der Waals surface area contributed by atoms with E-state index in [4.69, 9.17) is 11.1 Å². The minimum atomic E-state index is -0.199. The van der Waals surface area contributed by atoms with E-state index in [0.717, 1.165) is 43.7 Å². The normalized spacial score (nSPS) is 18.1. The topological polar surface area (TPSA) is 78.0 Å². The molecule has 4 N–H and O–H groups in total. The molecule has 132 valence electrons. The van der Waals surface area contributed by atoms with Crippen molar-refractivity contribution in [1.29, 1.82) is 5.41 Å². The second kappa shape index (κ2) is 7.61. The van der Waals surface area contributed by atoms with E-state index in [-0.39, 0.29) is 5.82 Å². The van der Waals surface area contributed by atoms with Gasteiger partial charge in [-0.1, -0.05) is 12.1 Å². The van der Waals surface area contributed by atoms with Crippen LogP contribution in [0.1, 0.15) is 30.9 Å². The summed E-state index contributed by atoms with van der Waals surface area (Å²) in [5.41, 5.74) is 8.93. The maximum atomic E-state index is 13.0. The lowest BCUT2D eigenvalue weighted by molar-refractivity contribution is 0.208. The Labute approximate surface area is 147 Å². The minimum absolute atomic E-state index is 0.199. The zero-order chi connectivity index (χ0) is 17.8. The molecule has 2 heterocycles. The second-order valence-corrected chi connectivity index (χ2v) is 6.63. The van der Waals surface area contributed by atoms with Gasteiger partial charge in [-0.25, -0.2) is 9.37 Å². The van der Waals surface area contributed by atoms with Crippen LogP contribution >= 0.6 is 0 Å². The van der Waals surface area contributed by atoms with Gasteiger partial charge in [-0.2, -0.15) is 0 Å². The number of rotatable bonds is 5. The van der Waals surface area contributed by atoms with Crippen LogP contribution in [-0.4, -0.2) is 34.7 Å². The lowest BCUT2D eigenvalue weighted by Crippen LogP contribution is -2.41. The molecule has 1 aliphatic rings. The fourth-order valence-electron chi connectivity index (χ4n) is 3.26. The van der Waals surface area contributed by atoms with Crippen LogP contribution in [0.4, 0.5) is 15.9 Å². The lowest BCUT2D eigenvalue weighted by atomic mass is 10.0. The number of nitrogens with one attached hydrogen (secondary N) is 2. The monoisotopic (exact) mass is 341 g/mol. The molecular formula is C19H24FN5. The number of anilines is 2. The minimum Gasteiger partial charge on any atom is -0.383 e. The Bertz CT molecular complexity index is 744. The number of pyridine rings is 1. The predicted octanol–water partition coefficient (Wildman–Crippen LogP) is 3.27. The molecule has 5 nitrogen and oxygen atoms in total. The van der Waals surface area contributed by atoms with Crippen molar-refractivity contribution >= 4 is 17.2 Å². The number of halogens is 1. The molecule has 0 saturated carbocycles. The maximum absolute atomic E-state index is 13.0. The highest BCUT2D eigenvalue weighted by atomic mass is 19.1. The van der Waals surface area contributed by atoms with Gasteiger partial charge in [-0.3, -0.25) is 4.90 Å². The van der Waals surface area contributed by atoms with E-state index in [1.165, 1.54) is 12.1 Å². The summed E-state index contributed by atoms with van der Waals surface area (Å²) in [4.78, 5) is 6.56. The number of piperidine rings is 1. The Balaban J connectivity index is 1.62. The first kappa shape index (κ1) is 17.4. The first-order valence-corrected chi connectivity index (χ1v) is 8.55. The summed E-state index contributed by atoms with van der Waals surface area (Å²) in [7, 11) is 0. The molecule has 0 aliphatic carbocycles. The summed E-state index contributed by atoms with van der Waals surface area (Å²) >= 11 is 0. The zero-order valence-corrected chi connectivity index (χ0v) is 14.4. The number of hydrogen-bond donors (Lipinski definition) is 3. The van der Waals surface area contributed by atoms with Gasteiger partial charge in [0.1, 0.15) is 11.6 Å². The summed E-state index contributed by atoms with van der Waals surface area (Å²) < 4.78 is 13.0. The standard InChI is InChI=1S/C19H24FN5/c1-13(21)18-9-17(10-23-19(18)22)24-16-3-2-8-25(12-16)11-14-4-6-15(20)7-5-14/h4-7,9-10,16,21,24H,2-3,8,11-12H2,1H3,(H2,22,23). The highest BCUT2D eigenvalue weighted by Gasteiger charge is 2.20. The van der Waals surface area contributed by atoms with Crippen LogP contribution in [0.5, 0.6) is 0 Å². The molecule has 6 heteroatoms. The average Bonchev–Trinajstić information content (AvgIpc) is 2.59. The van der Waals surface area contributed by atoms with E-state index >= 15 is 0 Å². The van der Waals surface area contributed by atoms with Crippen molar-refractivity contribution in [2.24, 2.45) is 0 Å². The van der Waals surface area contributed by atoms with Gasteiger partial charge < -0.3 is 16.5 Å². The average molecular weight is 341 g/mol. The first-order valence-electron chi connectivity index (χ1n) is 8.55. The van der Waals surface area contributed by atoms with E-state index in [9.17, 15) is 4.39 Å². The fourth-order valence-corrected chi connectivity index (χ4v) is 3.26. The summed E-state index contributed by atoms with van der Waals surface area (Å²) in [5, 5.41) is 11.3. The molecule has 1 atom stereocenters. The van der Waals surface area contributed by atoms with E-state index < -0.39 is 0 Å². The van der Waals surface area contributed by atoms with Gasteiger partial charge in [-0.05, 0) is 50.1 Å². The first-order chi connectivity index (χ1) is 12.0. The number of nitrogen functional groups attached to an aromatic ring is 1. The Morgan fingerprint density at radius 2 is 2.16 bits per heavy atom. The molecule has 1 aliphatic heterocycles. The zero-order valence-electron chi connectivity index (χ0n) is 14.4. The maximum Gasteiger partial charge on any atom is 0.132 e. The number of hydrogen-bond acceptors (Lipinski definition) is 5. The Hall–Kier alpha value is -2.47. The quantitative estimate of drug-likeness (QED) is 0.730. The molecule has 2 aromatic rings. The number of likely N-dealkylation sites (tertiary alicyclic amines) is 1. The van der Waals surface area contributed by atoms with Gasteiger partial charge in [0.2, 0.25) is 0 Å². The molecule has 0 radical (unpaired) electrons. The summed E-state index contributed by atoms with van der Waals surface area (Å²) in [6, 6.07) is 8.92. The van der Waals surface area contributed by atoms with Crippen molar-refractivity contribution in [3.63, 3.8) is 0 Å². The highest BCUT2D eigenvalue weighted by molar-refractivity contribution is 6.00. The molecule has 1 unspecified atom stereocenters. The van der Waals surface area contributed by atoms with Crippen molar-refractivity contribution in [2.45, 2.75) is 32.4 Å². The van der Waals surface area contributed by atoms with Crippen molar-refractivity contribution in [3.8, 4) is 0 Å². The van der Waals surface area contributed by atoms with Gasteiger partial charge in [0.05, 0.1) is 11.9 Å². The van der Waals surface area contributed by atoms with Crippen LogP contribution in [0.15, 0.2) is 36.5 Å². The van der Waals surface area contributed by atoms with Gasteiger partial charge >= 0.3 is 0 Å². The SMILES string of the molecule is CC(=N)c1cc(NC2CCCN(Cc3ccc(F)cc3)C2)cnc1N. The predicted molar refractivity (Wildman–Crippen MR) is 99.5 cm³/mol. The summed E-state index contributed by atoms with van der Waals surface area (Å²) in [6.07, 6.45) is 3.92. The van der Waals surface area contributed by atoms with Crippen LogP contribution in [0.3, 0.4) is 0 Å². The molecule has 0 bridgehead atoms. The Morgan fingerprint density at radius 3 is 2.88 bits per heavy atom. The van der Waals surface area contributed by atoms with Crippen LogP contribution in [0.2, 0.25) is 0 Å². The molecule has 0 spiro atoms. The van der Waals surface area contributed by atoms with Crippen LogP contribution < -0.4 is 11.1 Å². The van der Waals surface area contributed by atoms with Gasteiger partial charge in [0, 0.05) is 30.4 Å². The summed E-state index contributed by atoms with van der Waals surface area (Å²) in [6.45, 7) is 4.49. The van der Waals surface area contributed by atoms with Crippen molar-refractivity contribution < 1.29 is 4.39 Å². The molecule has 1 saturated heterocycles. The van der Waals surface area contributed by atoms with Gasteiger partial charge in [0.15, 0.2) is 0 Å². The molecule has 1 fully saturated rings. The fraction of sp³-hybridized carbons (Fsp3) is 0.368. The van der Waals surface area contributed by atoms with E-state index in [1.54, 1.807) is 13.1 Å². The Kier molecular flexibility index (Phi) is 5.28. The third-order valence-electron chi connectivity index (χ3n) is 4.52. The number of aromatic nitrogens is 1. The number of nitrogens with two attached hydrogens (primary N) is 1. The molecule has 0 amide bonds. The smallest absolute Gasteiger partial charge is 0.132 e. The Morgan fingerprint density at radius 1 is 1.40 bits per heavy atom. The van der Waals surface area contributed by atoms with Crippen molar-refractivity contribution in [3.05, 3.63) is 53.5 Å². The highest BCUT2D eigenvalue weighted by Crippen LogP contribution is 2.20. The van der Waals surface area contributed by atoms with Crippen LogP contribution in [0.25, 0.3) is 0 Å². The van der Waals surface area contributed by atoms with Crippen molar-refractivity contribution in [1.82, 2.24) is 9.88 Å². The molecule has 3 rings (SSSR count). The van der Waals surface area contributed by atoms with E-state index in [1.807, 2.05) is 18.2 Å². The lowest BCUT2D eigenvalue weighted by Gasteiger charge is -2.33. The molecule has 1 aromatic heterocycles. The molecular weight excluding hydrogens is 317 g/mol. The third-order valence-corrected chi connectivity index (χ3v) is 4.52. The van der Waals surface area contributed by atoms with Crippen LogP contribution in [-0.2, 0) is 6.54 Å². The van der Waals surface area contributed by atoms with Crippen LogP contribution in [0, 0.1) is 11.2 Å². The van der Waals surface area contributed by atoms with Crippen molar-refractivity contribution in [2.75, 3.05) is 24.1 Å².